The second-order valence-electron chi connectivity index (χ2n) is 6.95. The van der Waals surface area contributed by atoms with Crippen LogP contribution in [0.5, 0.6) is 5.75 Å². The van der Waals surface area contributed by atoms with Crippen molar-refractivity contribution >= 4 is 77.6 Å². The van der Waals surface area contributed by atoms with E-state index in [1.54, 1.807) is 18.2 Å². The summed E-state index contributed by atoms with van der Waals surface area (Å²) in [6, 6.07) is 17.8. The Labute approximate surface area is 204 Å². The molecular formula is C23H15Br2NO5S. The predicted molar refractivity (Wildman–Crippen MR) is 130 cm³/mol. The van der Waals surface area contributed by atoms with Crippen molar-refractivity contribution < 1.29 is 24.2 Å². The van der Waals surface area contributed by atoms with Gasteiger partial charge in [-0.2, -0.15) is 0 Å². The van der Waals surface area contributed by atoms with Crippen molar-refractivity contribution in [2.75, 3.05) is 6.54 Å². The fraction of sp³-hybridized carbons (Fsp3) is 0.0870. The van der Waals surface area contributed by atoms with Crippen molar-refractivity contribution in [2.24, 2.45) is 0 Å². The Bertz CT molecular complexity index is 1270. The van der Waals surface area contributed by atoms with Crippen LogP contribution in [-0.2, 0) is 16.2 Å². The van der Waals surface area contributed by atoms with E-state index in [0.29, 0.717) is 43.5 Å². The van der Waals surface area contributed by atoms with E-state index >= 15 is 0 Å². The Morgan fingerprint density at radius 3 is 2.41 bits per heavy atom. The lowest BCUT2D eigenvalue weighted by molar-refractivity contribution is -0.140. The first-order valence-electron chi connectivity index (χ1n) is 9.38. The molecule has 0 saturated carbocycles. The van der Waals surface area contributed by atoms with Gasteiger partial charge >= 0.3 is 5.97 Å². The maximum Gasteiger partial charge on any atom is 0.323 e. The number of rotatable bonds is 6. The van der Waals surface area contributed by atoms with Crippen molar-refractivity contribution in [3.8, 4) is 5.75 Å². The van der Waals surface area contributed by atoms with Gasteiger partial charge in [0.1, 0.15) is 18.9 Å². The molecule has 3 aromatic rings. The van der Waals surface area contributed by atoms with Gasteiger partial charge in [-0.3, -0.25) is 19.3 Å². The minimum Gasteiger partial charge on any atom is -0.487 e. The molecule has 0 atom stereocenters. The highest BCUT2D eigenvalue weighted by Crippen LogP contribution is 2.38. The fourth-order valence-corrected chi connectivity index (χ4v) is 5.50. The highest BCUT2D eigenvalue weighted by Gasteiger charge is 2.36. The van der Waals surface area contributed by atoms with Crippen molar-refractivity contribution in [3.63, 3.8) is 0 Å². The van der Waals surface area contributed by atoms with Crippen LogP contribution in [0.4, 0.5) is 4.79 Å². The van der Waals surface area contributed by atoms with Gasteiger partial charge in [0.05, 0.1) is 13.9 Å². The minimum absolute atomic E-state index is 0.167. The van der Waals surface area contributed by atoms with E-state index in [2.05, 4.69) is 56.1 Å². The van der Waals surface area contributed by atoms with Gasteiger partial charge in [-0.05, 0) is 89.8 Å². The number of imide groups is 1. The molecule has 0 aromatic heterocycles. The summed E-state index contributed by atoms with van der Waals surface area (Å²) >= 11 is 7.72. The van der Waals surface area contributed by atoms with Crippen LogP contribution < -0.4 is 4.74 Å². The third-order valence-corrected chi connectivity index (χ3v) is 6.77. The molecule has 0 aliphatic carbocycles. The average molecular weight is 577 g/mol. The van der Waals surface area contributed by atoms with Crippen molar-refractivity contribution in [1.29, 1.82) is 0 Å². The van der Waals surface area contributed by atoms with E-state index < -0.39 is 23.7 Å². The molecule has 1 aliphatic rings. The number of amides is 2. The SMILES string of the molecule is O=C(O)CN1C(=O)S/C(=C/c2cc(Br)c(OCc3ccc4ccccc4c3)c(Br)c2)C1=O. The van der Waals surface area contributed by atoms with E-state index in [1.165, 1.54) is 0 Å². The monoisotopic (exact) mass is 575 g/mol. The van der Waals surface area contributed by atoms with Gasteiger partial charge in [-0.1, -0.05) is 36.4 Å². The number of thioether (sulfide) groups is 1. The van der Waals surface area contributed by atoms with Gasteiger partial charge in [-0.25, -0.2) is 0 Å². The molecule has 2 amide bonds. The van der Waals surface area contributed by atoms with E-state index in [9.17, 15) is 14.4 Å². The van der Waals surface area contributed by atoms with E-state index in [0.717, 1.165) is 16.3 Å². The van der Waals surface area contributed by atoms with Gasteiger partial charge in [0.2, 0.25) is 0 Å². The number of hydrogen-bond acceptors (Lipinski definition) is 5. The third kappa shape index (κ3) is 4.90. The summed E-state index contributed by atoms with van der Waals surface area (Å²) in [7, 11) is 0. The molecule has 9 heteroatoms. The lowest BCUT2D eigenvalue weighted by atomic mass is 10.1. The van der Waals surface area contributed by atoms with Crippen LogP contribution in [0.3, 0.4) is 0 Å². The highest BCUT2D eigenvalue weighted by atomic mass is 79.9. The van der Waals surface area contributed by atoms with Gasteiger partial charge in [-0.15, -0.1) is 0 Å². The molecule has 4 rings (SSSR count). The van der Waals surface area contributed by atoms with Crippen LogP contribution >= 0.6 is 43.6 Å². The molecule has 162 valence electrons. The molecule has 1 saturated heterocycles. The normalized spacial score (nSPS) is 15.1. The summed E-state index contributed by atoms with van der Waals surface area (Å²) in [6.45, 7) is -0.285. The molecule has 1 heterocycles. The van der Waals surface area contributed by atoms with Crippen LogP contribution in [0.2, 0.25) is 0 Å². The average Bonchev–Trinajstić information content (AvgIpc) is 3.00. The second-order valence-corrected chi connectivity index (χ2v) is 9.65. The Balaban J connectivity index is 1.52. The standard InChI is InChI=1S/C23H15Br2NO5S/c24-17-8-14(10-19-22(29)26(11-20(27)28)23(30)32-19)9-18(25)21(17)31-12-13-5-6-15-3-1-2-4-16(15)7-13/h1-10H,11-12H2,(H,27,28)/b19-10+. The summed E-state index contributed by atoms with van der Waals surface area (Å²) in [4.78, 5) is 36.0. The molecule has 0 radical (unpaired) electrons. The molecular weight excluding hydrogens is 562 g/mol. The first-order valence-corrected chi connectivity index (χ1v) is 11.8. The minimum atomic E-state index is -1.24. The van der Waals surface area contributed by atoms with Gasteiger partial charge in [0.15, 0.2) is 0 Å². The first kappa shape index (κ1) is 22.6. The molecule has 1 aliphatic heterocycles. The summed E-state index contributed by atoms with van der Waals surface area (Å²) in [6.07, 6.45) is 1.55. The number of ether oxygens (including phenoxy) is 1. The van der Waals surface area contributed by atoms with Crippen LogP contribution in [-0.4, -0.2) is 33.7 Å². The van der Waals surface area contributed by atoms with E-state index in [-0.39, 0.29) is 4.91 Å². The van der Waals surface area contributed by atoms with Crippen LogP contribution in [0.25, 0.3) is 16.8 Å². The topological polar surface area (TPSA) is 83.9 Å². The number of benzene rings is 3. The molecule has 0 unspecified atom stereocenters. The largest absolute Gasteiger partial charge is 0.487 e. The number of carboxylic acid groups (broad SMARTS) is 1. The lowest BCUT2D eigenvalue weighted by Gasteiger charge is -2.12. The number of hydrogen-bond donors (Lipinski definition) is 1. The second kappa shape index (κ2) is 9.48. The highest BCUT2D eigenvalue weighted by molar-refractivity contribution is 9.11. The summed E-state index contributed by atoms with van der Waals surface area (Å²) in [5.41, 5.74) is 1.68. The predicted octanol–water partition coefficient (Wildman–Crippen LogP) is 6.06. The summed E-state index contributed by atoms with van der Waals surface area (Å²) < 4.78 is 7.35. The van der Waals surface area contributed by atoms with Crippen LogP contribution in [0.1, 0.15) is 11.1 Å². The van der Waals surface area contributed by atoms with Gasteiger partial charge in [0, 0.05) is 0 Å². The number of carbonyl (C=O) groups excluding carboxylic acids is 2. The number of aliphatic carboxylic acids is 1. The summed E-state index contributed by atoms with van der Waals surface area (Å²) in [5.74, 6) is -1.26. The smallest absolute Gasteiger partial charge is 0.323 e. The maximum absolute atomic E-state index is 12.3. The van der Waals surface area contributed by atoms with Crippen molar-refractivity contribution in [3.05, 3.63) is 79.6 Å². The third-order valence-electron chi connectivity index (χ3n) is 4.68. The quantitative estimate of drug-likeness (QED) is 0.359. The Kier molecular flexibility index (Phi) is 6.68. The fourth-order valence-electron chi connectivity index (χ4n) is 3.21. The van der Waals surface area contributed by atoms with Crippen LogP contribution in [0.15, 0.2) is 68.4 Å². The maximum atomic E-state index is 12.3. The number of carboxylic acids is 1. The number of halogens is 2. The molecule has 1 N–H and O–H groups in total. The zero-order valence-corrected chi connectivity index (χ0v) is 20.4. The number of nitrogens with zero attached hydrogens (tertiary/aromatic N) is 1. The first-order chi connectivity index (χ1) is 15.3. The number of fused-ring (bicyclic) bond motifs is 1. The Morgan fingerprint density at radius 2 is 1.72 bits per heavy atom. The number of carbonyl (C=O) groups is 3. The summed E-state index contributed by atoms with van der Waals surface area (Å²) in [5, 5.41) is 10.6. The Hall–Kier alpha value is -2.62. The van der Waals surface area contributed by atoms with Crippen LogP contribution in [0, 0.1) is 0 Å². The molecule has 6 nitrogen and oxygen atoms in total. The zero-order valence-electron chi connectivity index (χ0n) is 16.4. The zero-order chi connectivity index (χ0) is 22.8. The van der Waals surface area contributed by atoms with Crippen molar-refractivity contribution in [1.82, 2.24) is 4.90 Å². The van der Waals surface area contributed by atoms with Gasteiger partial charge in [0.25, 0.3) is 11.1 Å². The van der Waals surface area contributed by atoms with E-state index in [1.807, 2.05) is 18.2 Å². The molecule has 1 fully saturated rings. The molecule has 0 spiro atoms. The molecule has 0 bridgehead atoms. The molecule has 3 aromatic carbocycles. The molecule has 32 heavy (non-hydrogen) atoms. The van der Waals surface area contributed by atoms with Crippen molar-refractivity contribution in [2.45, 2.75) is 6.61 Å². The Morgan fingerprint density at radius 1 is 1.03 bits per heavy atom. The van der Waals surface area contributed by atoms with E-state index in [4.69, 9.17) is 9.84 Å². The van der Waals surface area contributed by atoms with Gasteiger partial charge < -0.3 is 9.84 Å². The lowest BCUT2D eigenvalue weighted by Crippen LogP contribution is -2.33.